The van der Waals surface area contributed by atoms with Crippen LogP contribution >= 0.6 is 0 Å². The fourth-order valence-electron chi connectivity index (χ4n) is 4.35. The lowest BCUT2D eigenvalue weighted by Crippen LogP contribution is -2.54. The van der Waals surface area contributed by atoms with Crippen molar-refractivity contribution in [3.05, 3.63) is 34.1 Å². The Morgan fingerprint density at radius 2 is 2.15 bits per heavy atom. The number of carbonyl (C=O) groups is 1. The summed E-state index contributed by atoms with van der Waals surface area (Å²) < 4.78 is 5.77. The van der Waals surface area contributed by atoms with Crippen LogP contribution in [0.2, 0.25) is 0 Å². The zero-order valence-corrected chi connectivity index (χ0v) is 14.2. The highest BCUT2D eigenvalue weighted by atomic mass is 16.4. The number of aromatic nitrogens is 4. The Bertz CT molecular complexity index is 883. The third-order valence-corrected chi connectivity index (χ3v) is 5.83. The molecule has 3 aliphatic rings. The first-order valence-corrected chi connectivity index (χ1v) is 9.09. The van der Waals surface area contributed by atoms with Crippen molar-refractivity contribution in [3.63, 3.8) is 0 Å². The maximum absolute atomic E-state index is 12.5. The van der Waals surface area contributed by atoms with E-state index in [0.29, 0.717) is 23.7 Å². The molecule has 5 rings (SSSR count). The number of nitrogens with one attached hydrogen (secondary N) is 3. The van der Waals surface area contributed by atoms with E-state index in [9.17, 15) is 9.59 Å². The number of carbonyl (C=O) groups excluding carboxylic acids is 1. The summed E-state index contributed by atoms with van der Waals surface area (Å²) in [6, 6.07) is 3.13. The second-order valence-corrected chi connectivity index (χ2v) is 7.68. The van der Waals surface area contributed by atoms with E-state index in [0.717, 1.165) is 38.5 Å². The summed E-state index contributed by atoms with van der Waals surface area (Å²) in [5, 5.41) is 20.9. The van der Waals surface area contributed by atoms with Crippen molar-refractivity contribution >= 4 is 11.9 Å². The van der Waals surface area contributed by atoms with Crippen molar-refractivity contribution in [2.24, 2.45) is 5.92 Å². The van der Waals surface area contributed by atoms with E-state index in [4.69, 9.17) is 4.42 Å². The number of fused-ring (bicyclic) bond motifs is 2. The van der Waals surface area contributed by atoms with Gasteiger partial charge in [-0.15, -0.1) is 5.10 Å². The molecule has 2 aromatic heterocycles. The lowest BCUT2D eigenvalue weighted by molar-refractivity contribution is 0.0912. The lowest BCUT2D eigenvalue weighted by atomic mass is 9.88. The van der Waals surface area contributed by atoms with Crippen LogP contribution in [0.4, 0.5) is 6.01 Å². The molecule has 136 valence electrons. The molecule has 0 spiro atoms. The predicted octanol–water partition coefficient (Wildman–Crippen LogP) is 1.18. The second kappa shape index (κ2) is 5.65. The Balaban J connectivity index is 1.33. The van der Waals surface area contributed by atoms with E-state index in [1.165, 1.54) is 12.1 Å². The molecule has 0 aliphatic heterocycles. The third-order valence-electron chi connectivity index (χ3n) is 5.83. The number of anilines is 1. The van der Waals surface area contributed by atoms with E-state index < -0.39 is 0 Å². The van der Waals surface area contributed by atoms with Crippen LogP contribution in [-0.4, -0.2) is 37.9 Å². The van der Waals surface area contributed by atoms with Crippen LogP contribution in [0.5, 0.6) is 0 Å². The number of nitrogens with zero attached hydrogens (tertiary/aromatic N) is 3. The quantitative estimate of drug-likeness (QED) is 0.734. The average molecular weight is 356 g/mol. The van der Waals surface area contributed by atoms with Gasteiger partial charge in [-0.3, -0.25) is 9.59 Å². The molecule has 3 saturated carbocycles. The van der Waals surface area contributed by atoms with Gasteiger partial charge in [0, 0.05) is 12.0 Å². The number of aromatic amines is 1. The van der Waals surface area contributed by atoms with Crippen molar-refractivity contribution in [2.75, 3.05) is 5.32 Å². The molecule has 3 fully saturated rings. The Kier molecular flexibility index (Phi) is 3.38. The van der Waals surface area contributed by atoms with Crippen molar-refractivity contribution in [1.29, 1.82) is 0 Å². The molecule has 9 heteroatoms. The Morgan fingerprint density at radius 1 is 1.27 bits per heavy atom. The van der Waals surface area contributed by atoms with Gasteiger partial charge >= 0.3 is 6.01 Å². The van der Waals surface area contributed by atoms with Crippen LogP contribution in [0.15, 0.2) is 21.3 Å². The Labute approximate surface area is 149 Å². The summed E-state index contributed by atoms with van der Waals surface area (Å²) in [5.41, 5.74) is -0.394. The van der Waals surface area contributed by atoms with Crippen LogP contribution < -0.4 is 16.2 Å². The molecule has 2 bridgehead atoms. The van der Waals surface area contributed by atoms with Crippen LogP contribution in [0.1, 0.15) is 60.8 Å². The molecule has 0 radical (unpaired) electrons. The van der Waals surface area contributed by atoms with E-state index in [1.807, 2.05) is 0 Å². The molecular formula is C17H20N6O3. The van der Waals surface area contributed by atoms with E-state index in [1.54, 1.807) is 0 Å². The predicted molar refractivity (Wildman–Crippen MR) is 90.7 cm³/mol. The van der Waals surface area contributed by atoms with E-state index in [2.05, 4.69) is 31.0 Å². The average Bonchev–Trinajstić information content (AvgIpc) is 3.12. The number of amides is 1. The van der Waals surface area contributed by atoms with Crippen molar-refractivity contribution in [1.82, 2.24) is 25.7 Å². The van der Waals surface area contributed by atoms with Crippen LogP contribution in [0, 0.1) is 5.92 Å². The minimum Gasteiger partial charge on any atom is -0.408 e. The highest BCUT2D eigenvalue weighted by Gasteiger charge is 2.53. The fraction of sp³-hybridized carbons (Fsp3) is 0.588. The van der Waals surface area contributed by atoms with Gasteiger partial charge < -0.3 is 15.1 Å². The van der Waals surface area contributed by atoms with E-state index >= 15 is 0 Å². The maximum Gasteiger partial charge on any atom is 0.315 e. The number of rotatable bonds is 5. The molecule has 0 saturated heterocycles. The first kappa shape index (κ1) is 15.5. The molecule has 3 aliphatic carbocycles. The van der Waals surface area contributed by atoms with Gasteiger partial charge in [0.2, 0.25) is 5.89 Å². The topological polar surface area (TPSA) is 126 Å². The summed E-state index contributed by atoms with van der Waals surface area (Å²) in [4.78, 5) is 23.6. The zero-order valence-electron chi connectivity index (χ0n) is 14.2. The van der Waals surface area contributed by atoms with Crippen molar-refractivity contribution in [3.8, 4) is 0 Å². The molecule has 0 aromatic carbocycles. The van der Waals surface area contributed by atoms with Gasteiger partial charge in [-0.2, -0.15) is 5.10 Å². The highest BCUT2D eigenvalue weighted by molar-refractivity contribution is 5.92. The lowest BCUT2D eigenvalue weighted by Gasteiger charge is -2.35. The Morgan fingerprint density at radius 3 is 2.88 bits per heavy atom. The SMILES string of the molecule is O=C(NC1CC2CCC1(Nc1nnc(C3CC3)o1)C2)c1ccc(=O)[nH]n1. The zero-order chi connectivity index (χ0) is 17.7. The largest absolute Gasteiger partial charge is 0.408 e. The molecule has 3 N–H and O–H groups in total. The minimum atomic E-state index is -0.331. The van der Waals surface area contributed by atoms with E-state index in [-0.39, 0.29) is 28.7 Å². The first-order chi connectivity index (χ1) is 12.6. The minimum absolute atomic E-state index is 0.0428. The summed E-state index contributed by atoms with van der Waals surface area (Å²) >= 11 is 0. The van der Waals surface area contributed by atoms with Gasteiger partial charge in [-0.05, 0) is 50.5 Å². The molecule has 26 heavy (non-hydrogen) atoms. The van der Waals surface area contributed by atoms with Crippen molar-refractivity contribution in [2.45, 2.75) is 56.0 Å². The first-order valence-electron chi connectivity index (χ1n) is 9.09. The molecule has 2 heterocycles. The van der Waals surface area contributed by atoms with Gasteiger partial charge in [0.25, 0.3) is 11.5 Å². The van der Waals surface area contributed by atoms with Gasteiger partial charge in [0.1, 0.15) is 5.69 Å². The van der Waals surface area contributed by atoms with Gasteiger partial charge in [-0.25, -0.2) is 5.10 Å². The maximum atomic E-state index is 12.5. The van der Waals surface area contributed by atoms with Gasteiger partial charge in [0.05, 0.1) is 11.6 Å². The molecule has 3 atom stereocenters. The smallest absolute Gasteiger partial charge is 0.315 e. The number of hydrogen-bond donors (Lipinski definition) is 3. The fourth-order valence-corrected chi connectivity index (χ4v) is 4.35. The summed E-state index contributed by atoms with van der Waals surface area (Å²) in [7, 11) is 0. The van der Waals surface area contributed by atoms with Crippen LogP contribution in [0.25, 0.3) is 0 Å². The highest BCUT2D eigenvalue weighted by Crippen LogP contribution is 2.49. The monoisotopic (exact) mass is 356 g/mol. The summed E-state index contributed by atoms with van der Waals surface area (Å²) in [5.74, 6) is 1.40. The van der Waals surface area contributed by atoms with Crippen LogP contribution in [-0.2, 0) is 0 Å². The van der Waals surface area contributed by atoms with Gasteiger partial charge in [-0.1, -0.05) is 5.10 Å². The molecule has 3 unspecified atom stereocenters. The summed E-state index contributed by atoms with van der Waals surface area (Å²) in [6.07, 6.45) is 6.17. The standard InChI is InChI=1S/C17H20N6O3/c24-13-4-3-11(20-21-13)14(25)18-12-7-9-5-6-17(12,8-9)19-16-23-22-15(26-16)10-1-2-10/h3-4,9-10,12H,1-2,5-8H2,(H,18,25)(H,19,23)(H,21,24). The number of H-pyrrole nitrogens is 1. The second-order valence-electron chi connectivity index (χ2n) is 7.68. The molecular weight excluding hydrogens is 336 g/mol. The number of hydrogen-bond acceptors (Lipinski definition) is 7. The third kappa shape index (κ3) is 2.67. The van der Waals surface area contributed by atoms with Crippen molar-refractivity contribution < 1.29 is 9.21 Å². The molecule has 9 nitrogen and oxygen atoms in total. The normalized spacial score (nSPS) is 29.7. The van der Waals surface area contributed by atoms with Gasteiger partial charge in [0.15, 0.2) is 0 Å². The van der Waals surface area contributed by atoms with Crippen LogP contribution in [0.3, 0.4) is 0 Å². The Hall–Kier alpha value is -2.71. The molecule has 1 amide bonds. The summed E-state index contributed by atoms with van der Waals surface area (Å²) in [6.45, 7) is 0. The molecule has 2 aromatic rings.